The molecule has 0 aliphatic heterocycles. The van der Waals surface area contributed by atoms with E-state index < -0.39 is 0 Å². The molecule has 6 heteroatoms. The van der Waals surface area contributed by atoms with Crippen LogP contribution in [0.15, 0.2) is 18.2 Å². The number of thiazole rings is 1. The van der Waals surface area contributed by atoms with Crippen LogP contribution in [0.2, 0.25) is 0 Å². The number of benzene rings is 1. The van der Waals surface area contributed by atoms with Crippen molar-refractivity contribution in [1.29, 1.82) is 0 Å². The van der Waals surface area contributed by atoms with Crippen molar-refractivity contribution < 1.29 is 4.74 Å². The van der Waals surface area contributed by atoms with Gasteiger partial charge in [-0.15, -0.1) is 11.3 Å². The number of hydrogen-bond donors (Lipinski definition) is 2. The van der Waals surface area contributed by atoms with Gasteiger partial charge in [-0.25, -0.2) is 4.98 Å². The molecule has 20 heavy (non-hydrogen) atoms. The maximum absolute atomic E-state index is 5.75. The third-order valence-electron chi connectivity index (χ3n) is 2.96. The molecule has 3 N–H and O–H groups in total. The zero-order valence-electron chi connectivity index (χ0n) is 11.7. The number of aryl methyl sites for hydroxylation is 2. The molecule has 0 amide bonds. The van der Waals surface area contributed by atoms with Crippen molar-refractivity contribution in [2.75, 3.05) is 12.4 Å². The van der Waals surface area contributed by atoms with Crippen LogP contribution in [-0.2, 0) is 6.42 Å². The van der Waals surface area contributed by atoms with Crippen molar-refractivity contribution in [3.63, 3.8) is 0 Å². The van der Waals surface area contributed by atoms with Gasteiger partial charge in [-0.2, -0.15) is 0 Å². The summed E-state index contributed by atoms with van der Waals surface area (Å²) in [6, 6.07) is 5.56. The summed E-state index contributed by atoms with van der Waals surface area (Å²) in [6.45, 7) is 4.17. The molecule has 0 unspecified atom stereocenters. The van der Waals surface area contributed by atoms with E-state index in [2.05, 4.69) is 24.1 Å². The minimum absolute atomic E-state index is 0.346. The number of ether oxygens (including phenoxy) is 1. The first kappa shape index (κ1) is 14.7. The van der Waals surface area contributed by atoms with E-state index in [9.17, 15) is 0 Å². The van der Waals surface area contributed by atoms with E-state index >= 15 is 0 Å². The lowest BCUT2D eigenvalue weighted by Gasteiger charge is -2.10. The average Bonchev–Trinajstić information content (AvgIpc) is 2.78. The normalized spacial score (nSPS) is 10.3. The average molecular weight is 307 g/mol. The van der Waals surface area contributed by atoms with Gasteiger partial charge in [0.1, 0.15) is 10.7 Å². The highest BCUT2D eigenvalue weighted by molar-refractivity contribution is 7.80. The first-order valence-electron chi connectivity index (χ1n) is 6.26. The van der Waals surface area contributed by atoms with Gasteiger partial charge in [-0.1, -0.05) is 19.1 Å². The van der Waals surface area contributed by atoms with Crippen LogP contribution in [0.4, 0.5) is 10.8 Å². The molecule has 4 nitrogen and oxygen atoms in total. The molecule has 0 fully saturated rings. The number of hydrogen-bond acceptors (Lipinski definition) is 5. The summed E-state index contributed by atoms with van der Waals surface area (Å²) < 4.78 is 5.24. The lowest BCUT2D eigenvalue weighted by atomic mass is 10.1. The number of rotatable bonds is 5. The maximum atomic E-state index is 5.75. The quantitative estimate of drug-likeness (QED) is 0.829. The fraction of sp³-hybridized carbons (Fsp3) is 0.286. The second-order valence-electron chi connectivity index (χ2n) is 4.28. The highest BCUT2D eigenvalue weighted by Gasteiger charge is 2.11. The van der Waals surface area contributed by atoms with E-state index in [1.54, 1.807) is 18.4 Å². The molecule has 0 radical (unpaired) electrons. The van der Waals surface area contributed by atoms with Gasteiger partial charge in [0.05, 0.1) is 18.5 Å². The smallest absolute Gasteiger partial charge is 0.187 e. The molecule has 1 heterocycles. The van der Waals surface area contributed by atoms with Crippen LogP contribution in [0.5, 0.6) is 5.75 Å². The first-order valence-corrected chi connectivity index (χ1v) is 7.48. The standard InChI is InChI=1S/C14H17N3OS2/c1-4-11-8(2)20-14(16-11)17-12-7-9(18-3)5-6-10(12)13(15)19/h5-7H,4H2,1-3H3,(H2,15,19)(H,16,17). The van der Waals surface area contributed by atoms with Gasteiger partial charge in [-0.05, 0) is 25.5 Å². The molecule has 0 spiro atoms. The fourth-order valence-corrected chi connectivity index (χ4v) is 2.99. The predicted molar refractivity (Wildman–Crippen MR) is 88.4 cm³/mol. The molecule has 1 aromatic heterocycles. The number of nitrogens with two attached hydrogens (primary N) is 1. The van der Waals surface area contributed by atoms with Crippen molar-refractivity contribution in [2.45, 2.75) is 20.3 Å². The minimum atomic E-state index is 0.346. The van der Waals surface area contributed by atoms with Crippen LogP contribution in [0.1, 0.15) is 23.1 Å². The summed E-state index contributed by atoms with van der Waals surface area (Å²) in [4.78, 5) is 6.13. The lowest BCUT2D eigenvalue weighted by molar-refractivity contribution is 0.415. The van der Waals surface area contributed by atoms with Gasteiger partial charge in [-0.3, -0.25) is 0 Å². The van der Waals surface area contributed by atoms with Crippen LogP contribution in [0, 0.1) is 6.92 Å². The number of aromatic nitrogens is 1. The second-order valence-corrected chi connectivity index (χ2v) is 5.92. The van der Waals surface area contributed by atoms with Crippen LogP contribution < -0.4 is 15.8 Å². The zero-order chi connectivity index (χ0) is 14.7. The van der Waals surface area contributed by atoms with Gasteiger partial charge >= 0.3 is 0 Å². The van der Waals surface area contributed by atoms with Crippen molar-refractivity contribution in [3.05, 3.63) is 34.3 Å². The Bertz CT molecular complexity index is 637. The number of anilines is 2. The summed E-state index contributed by atoms with van der Waals surface area (Å²) >= 11 is 6.70. The van der Waals surface area contributed by atoms with Gasteiger partial charge < -0.3 is 15.8 Å². The van der Waals surface area contributed by atoms with E-state index in [1.807, 2.05) is 18.2 Å². The highest BCUT2D eigenvalue weighted by Crippen LogP contribution is 2.29. The van der Waals surface area contributed by atoms with Gasteiger partial charge in [0.15, 0.2) is 5.13 Å². The van der Waals surface area contributed by atoms with Crippen molar-refractivity contribution in [1.82, 2.24) is 4.98 Å². The van der Waals surface area contributed by atoms with Gasteiger partial charge in [0.25, 0.3) is 0 Å². The first-order chi connectivity index (χ1) is 9.55. The Labute approximate surface area is 128 Å². The third kappa shape index (κ3) is 3.08. The zero-order valence-corrected chi connectivity index (χ0v) is 13.3. The SMILES string of the molecule is CCc1nc(Nc2cc(OC)ccc2C(N)=S)sc1C. The molecule has 106 valence electrons. The van der Waals surface area contributed by atoms with E-state index in [0.717, 1.165) is 34.2 Å². The molecular formula is C14H17N3OS2. The monoisotopic (exact) mass is 307 g/mol. The van der Waals surface area contributed by atoms with Crippen molar-refractivity contribution >= 4 is 39.4 Å². The molecule has 2 rings (SSSR count). The van der Waals surface area contributed by atoms with E-state index in [0.29, 0.717) is 4.99 Å². The van der Waals surface area contributed by atoms with Crippen molar-refractivity contribution in [2.24, 2.45) is 5.73 Å². The van der Waals surface area contributed by atoms with Crippen LogP contribution >= 0.6 is 23.6 Å². The van der Waals surface area contributed by atoms with Crippen LogP contribution in [0.3, 0.4) is 0 Å². The Morgan fingerprint density at radius 1 is 1.50 bits per heavy atom. The Kier molecular flexibility index (Phi) is 4.57. The Morgan fingerprint density at radius 3 is 2.80 bits per heavy atom. The Balaban J connectivity index is 2.37. The summed E-state index contributed by atoms with van der Waals surface area (Å²) in [5.74, 6) is 0.747. The molecular weight excluding hydrogens is 290 g/mol. The molecule has 2 aromatic rings. The number of nitrogens with one attached hydrogen (secondary N) is 1. The number of thiocarbonyl (C=S) groups is 1. The lowest BCUT2D eigenvalue weighted by Crippen LogP contribution is -2.12. The fourth-order valence-electron chi connectivity index (χ4n) is 1.89. The Hall–Kier alpha value is -1.66. The molecule has 0 saturated carbocycles. The largest absolute Gasteiger partial charge is 0.497 e. The van der Waals surface area contributed by atoms with E-state index in [1.165, 1.54) is 4.88 Å². The highest BCUT2D eigenvalue weighted by atomic mass is 32.1. The van der Waals surface area contributed by atoms with Crippen LogP contribution in [0.25, 0.3) is 0 Å². The summed E-state index contributed by atoms with van der Waals surface area (Å²) in [5, 5.41) is 4.12. The summed E-state index contributed by atoms with van der Waals surface area (Å²) in [7, 11) is 1.63. The minimum Gasteiger partial charge on any atom is -0.497 e. The summed E-state index contributed by atoms with van der Waals surface area (Å²) in [5.41, 5.74) is 8.46. The van der Waals surface area contributed by atoms with E-state index in [4.69, 9.17) is 22.7 Å². The predicted octanol–water partition coefficient (Wildman–Crippen LogP) is 3.40. The summed E-state index contributed by atoms with van der Waals surface area (Å²) in [6.07, 6.45) is 0.921. The number of nitrogens with zero attached hydrogens (tertiary/aromatic N) is 1. The van der Waals surface area contributed by atoms with E-state index in [-0.39, 0.29) is 0 Å². The number of methoxy groups -OCH3 is 1. The third-order valence-corrected chi connectivity index (χ3v) is 4.11. The molecule has 0 saturated heterocycles. The molecule has 0 aliphatic rings. The van der Waals surface area contributed by atoms with Gasteiger partial charge in [0.2, 0.25) is 0 Å². The maximum Gasteiger partial charge on any atom is 0.187 e. The Morgan fingerprint density at radius 2 is 2.25 bits per heavy atom. The molecule has 0 atom stereocenters. The van der Waals surface area contributed by atoms with Crippen molar-refractivity contribution in [3.8, 4) is 5.75 Å². The molecule has 0 aliphatic carbocycles. The molecule has 1 aromatic carbocycles. The van der Waals surface area contributed by atoms with Crippen LogP contribution in [-0.4, -0.2) is 17.1 Å². The molecule has 0 bridgehead atoms. The van der Waals surface area contributed by atoms with Gasteiger partial charge in [0, 0.05) is 16.5 Å². The topological polar surface area (TPSA) is 60.2 Å². The second kappa shape index (κ2) is 6.19.